The number of halogens is 2. The van der Waals surface area contributed by atoms with Crippen LogP contribution in [-0.4, -0.2) is 20.1 Å². The maximum absolute atomic E-state index is 13.2. The summed E-state index contributed by atoms with van der Waals surface area (Å²) in [5, 5.41) is 0. The summed E-state index contributed by atoms with van der Waals surface area (Å²) in [5.74, 6) is -3.42. The molecule has 1 fully saturated rings. The van der Waals surface area contributed by atoms with Crippen LogP contribution in [0.2, 0.25) is 0 Å². The van der Waals surface area contributed by atoms with Crippen molar-refractivity contribution < 1.29 is 17.2 Å². The van der Waals surface area contributed by atoms with Crippen molar-refractivity contribution in [1.82, 2.24) is 0 Å². The molecule has 0 heterocycles. The lowest BCUT2D eigenvalue weighted by Gasteiger charge is -2.28. The first-order valence-electron chi connectivity index (χ1n) is 6.30. The molecule has 0 aliphatic heterocycles. The summed E-state index contributed by atoms with van der Waals surface area (Å²) in [6.45, 7) is 0. The van der Waals surface area contributed by atoms with Crippen LogP contribution in [0, 0.1) is 5.92 Å². The van der Waals surface area contributed by atoms with Gasteiger partial charge < -0.3 is 0 Å². The summed E-state index contributed by atoms with van der Waals surface area (Å²) in [5.41, 5.74) is 0.463. The molecule has 1 atom stereocenters. The molecular weight excluding hydrogens is 272 g/mol. The fourth-order valence-electron chi connectivity index (χ4n) is 2.46. The third-order valence-electron chi connectivity index (χ3n) is 3.24. The molecular formula is C13H17F2NO2S. The van der Waals surface area contributed by atoms with Gasteiger partial charge in [0.2, 0.25) is 15.9 Å². The molecule has 2 rings (SSSR count). The maximum Gasteiger partial charge on any atom is 0.248 e. The minimum atomic E-state index is -3.57. The second-order valence-corrected chi connectivity index (χ2v) is 6.83. The maximum atomic E-state index is 13.2. The summed E-state index contributed by atoms with van der Waals surface area (Å²) >= 11 is 0. The van der Waals surface area contributed by atoms with Gasteiger partial charge in [0.25, 0.3) is 0 Å². The molecule has 1 aliphatic carbocycles. The van der Waals surface area contributed by atoms with Crippen LogP contribution in [0.25, 0.3) is 0 Å². The number of hydrogen-bond donors (Lipinski definition) is 1. The average Bonchev–Trinajstić information content (AvgIpc) is 2.27. The minimum absolute atomic E-state index is 0.129. The van der Waals surface area contributed by atoms with Crippen molar-refractivity contribution in [2.75, 3.05) is 10.5 Å². The van der Waals surface area contributed by atoms with E-state index in [0.717, 1.165) is 0 Å². The zero-order valence-electron chi connectivity index (χ0n) is 10.5. The van der Waals surface area contributed by atoms with Gasteiger partial charge in [0.15, 0.2) is 0 Å². The first-order chi connectivity index (χ1) is 8.86. The SMILES string of the molecule is O=S(=O)(CC1CCCC(F)(F)C1)Nc1ccccc1. The van der Waals surface area contributed by atoms with E-state index >= 15 is 0 Å². The molecule has 1 unspecified atom stereocenters. The number of rotatable bonds is 4. The lowest BCUT2D eigenvalue weighted by atomic mass is 9.88. The van der Waals surface area contributed by atoms with Gasteiger partial charge in [0.05, 0.1) is 5.75 Å². The number of nitrogens with one attached hydrogen (secondary N) is 1. The predicted molar refractivity (Wildman–Crippen MR) is 70.8 cm³/mol. The highest BCUT2D eigenvalue weighted by atomic mass is 32.2. The normalized spacial score (nSPS) is 22.9. The second-order valence-electron chi connectivity index (χ2n) is 5.07. The lowest BCUT2D eigenvalue weighted by Crippen LogP contribution is -2.31. The predicted octanol–water partition coefficient (Wildman–Crippen LogP) is 3.25. The third kappa shape index (κ3) is 4.45. The van der Waals surface area contributed by atoms with Crippen LogP contribution in [0.5, 0.6) is 0 Å². The summed E-state index contributed by atoms with van der Waals surface area (Å²) in [4.78, 5) is 0. The van der Waals surface area contributed by atoms with Gasteiger partial charge in [0.1, 0.15) is 0 Å². The van der Waals surface area contributed by atoms with Gasteiger partial charge >= 0.3 is 0 Å². The quantitative estimate of drug-likeness (QED) is 0.924. The highest BCUT2D eigenvalue weighted by Crippen LogP contribution is 2.37. The average molecular weight is 289 g/mol. The molecule has 1 saturated carbocycles. The van der Waals surface area contributed by atoms with Crippen LogP contribution in [0.15, 0.2) is 30.3 Å². The van der Waals surface area contributed by atoms with E-state index in [2.05, 4.69) is 4.72 Å². The van der Waals surface area contributed by atoms with Gasteiger partial charge in [-0.25, -0.2) is 17.2 Å². The Bertz CT molecular complexity index is 517. The lowest BCUT2D eigenvalue weighted by molar-refractivity contribution is -0.0488. The van der Waals surface area contributed by atoms with Gasteiger partial charge in [0, 0.05) is 18.5 Å². The number of hydrogen-bond acceptors (Lipinski definition) is 2. The van der Waals surface area contributed by atoms with Crippen molar-refractivity contribution >= 4 is 15.7 Å². The Morgan fingerprint density at radius 1 is 1.26 bits per heavy atom. The molecule has 0 bridgehead atoms. The zero-order chi connectivity index (χ0) is 13.9. The van der Waals surface area contributed by atoms with E-state index in [-0.39, 0.29) is 18.6 Å². The van der Waals surface area contributed by atoms with Gasteiger partial charge in [-0.05, 0) is 30.9 Å². The Balaban J connectivity index is 1.98. The number of sulfonamides is 1. The molecule has 1 aromatic rings. The van der Waals surface area contributed by atoms with E-state index in [9.17, 15) is 17.2 Å². The van der Waals surface area contributed by atoms with Crippen molar-refractivity contribution in [1.29, 1.82) is 0 Å². The molecule has 19 heavy (non-hydrogen) atoms. The fourth-order valence-corrected chi connectivity index (χ4v) is 3.94. The zero-order valence-corrected chi connectivity index (χ0v) is 11.3. The molecule has 0 aromatic heterocycles. The van der Waals surface area contributed by atoms with Crippen LogP contribution in [0.3, 0.4) is 0 Å². The molecule has 0 spiro atoms. The molecule has 0 amide bonds. The van der Waals surface area contributed by atoms with Crippen molar-refractivity contribution in [2.45, 2.75) is 31.6 Å². The first kappa shape index (κ1) is 14.2. The van der Waals surface area contributed by atoms with Crippen molar-refractivity contribution in [3.8, 4) is 0 Å². The van der Waals surface area contributed by atoms with Crippen LogP contribution in [-0.2, 0) is 10.0 Å². The second kappa shape index (κ2) is 5.45. The first-order valence-corrected chi connectivity index (χ1v) is 7.95. The van der Waals surface area contributed by atoms with E-state index in [0.29, 0.717) is 18.5 Å². The highest BCUT2D eigenvalue weighted by molar-refractivity contribution is 7.92. The highest BCUT2D eigenvalue weighted by Gasteiger charge is 2.37. The Kier molecular flexibility index (Phi) is 4.08. The van der Waals surface area contributed by atoms with Crippen molar-refractivity contribution in [3.05, 3.63) is 30.3 Å². The monoisotopic (exact) mass is 289 g/mol. The molecule has 1 N–H and O–H groups in total. The van der Waals surface area contributed by atoms with Crippen LogP contribution in [0.1, 0.15) is 25.7 Å². The van der Waals surface area contributed by atoms with E-state index in [1.807, 2.05) is 0 Å². The standard InChI is InChI=1S/C13H17F2NO2S/c14-13(15)8-4-5-11(9-13)10-19(17,18)16-12-6-2-1-3-7-12/h1-3,6-7,11,16H,4-5,8-10H2. The van der Waals surface area contributed by atoms with Crippen molar-refractivity contribution in [3.63, 3.8) is 0 Å². The molecule has 1 aromatic carbocycles. The molecule has 0 saturated heterocycles. The van der Waals surface area contributed by atoms with Crippen LogP contribution in [0.4, 0.5) is 14.5 Å². The summed E-state index contributed by atoms with van der Waals surface area (Å²) in [6, 6.07) is 8.47. The van der Waals surface area contributed by atoms with Gasteiger partial charge in [-0.1, -0.05) is 18.2 Å². The Labute approximate surface area is 112 Å². The van der Waals surface area contributed by atoms with Gasteiger partial charge in [-0.15, -0.1) is 0 Å². The number of para-hydroxylation sites is 1. The minimum Gasteiger partial charge on any atom is -0.284 e. The molecule has 1 aliphatic rings. The Morgan fingerprint density at radius 3 is 2.58 bits per heavy atom. The smallest absolute Gasteiger partial charge is 0.248 e. The van der Waals surface area contributed by atoms with E-state index in [1.165, 1.54) is 0 Å². The van der Waals surface area contributed by atoms with E-state index < -0.39 is 21.9 Å². The summed E-state index contributed by atoms with van der Waals surface area (Å²) in [6.07, 6.45) is 0.474. The number of alkyl halides is 2. The summed E-state index contributed by atoms with van der Waals surface area (Å²) < 4.78 is 52.7. The fraction of sp³-hybridized carbons (Fsp3) is 0.538. The number of anilines is 1. The summed E-state index contributed by atoms with van der Waals surface area (Å²) in [7, 11) is -3.57. The number of benzene rings is 1. The Morgan fingerprint density at radius 2 is 1.95 bits per heavy atom. The van der Waals surface area contributed by atoms with Gasteiger partial charge in [-0.2, -0.15) is 0 Å². The topological polar surface area (TPSA) is 46.2 Å². The Hall–Kier alpha value is -1.17. The van der Waals surface area contributed by atoms with E-state index in [4.69, 9.17) is 0 Å². The van der Waals surface area contributed by atoms with E-state index in [1.54, 1.807) is 30.3 Å². The molecule has 3 nitrogen and oxygen atoms in total. The molecule has 6 heteroatoms. The van der Waals surface area contributed by atoms with Crippen LogP contribution >= 0.6 is 0 Å². The third-order valence-corrected chi connectivity index (χ3v) is 4.70. The molecule has 106 valence electrons. The van der Waals surface area contributed by atoms with Gasteiger partial charge in [-0.3, -0.25) is 4.72 Å². The van der Waals surface area contributed by atoms with Crippen LogP contribution < -0.4 is 4.72 Å². The largest absolute Gasteiger partial charge is 0.284 e. The molecule has 0 radical (unpaired) electrons. The van der Waals surface area contributed by atoms with Crippen molar-refractivity contribution in [2.24, 2.45) is 5.92 Å².